The minimum Gasteiger partial charge on any atom is -0.468 e. The van der Waals surface area contributed by atoms with Gasteiger partial charge >= 0.3 is 0 Å². The largest absolute Gasteiger partial charge is 0.468 e. The molecule has 1 amide bonds. The molecule has 2 rings (SSSR count). The maximum absolute atomic E-state index is 12.1. The Kier molecular flexibility index (Phi) is 4.81. The first-order valence-corrected chi connectivity index (χ1v) is 6.82. The Morgan fingerprint density at radius 1 is 1.39 bits per heavy atom. The van der Waals surface area contributed by atoms with Gasteiger partial charge < -0.3 is 9.32 Å². The Labute approximate surface area is 108 Å². The number of hydrogen-bond acceptors (Lipinski definition) is 3. The molecule has 0 aliphatic carbocycles. The van der Waals surface area contributed by atoms with Crippen LogP contribution in [-0.2, 0) is 4.79 Å². The molecule has 1 aromatic rings. The fraction of sp³-hybridized carbons (Fsp3) is 0.643. The van der Waals surface area contributed by atoms with Crippen LogP contribution in [0, 0.1) is 0 Å². The van der Waals surface area contributed by atoms with E-state index in [1.807, 2.05) is 24.0 Å². The highest BCUT2D eigenvalue weighted by molar-refractivity contribution is 5.78. The number of likely N-dealkylation sites (tertiary alicyclic amines) is 1. The number of nitrogens with one attached hydrogen (secondary N) is 1. The molecule has 0 spiro atoms. The summed E-state index contributed by atoms with van der Waals surface area (Å²) >= 11 is 0. The molecule has 1 N–H and O–H groups in total. The summed E-state index contributed by atoms with van der Waals surface area (Å²) in [6.07, 6.45) is 6.43. The van der Waals surface area contributed by atoms with E-state index in [4.69, 9.17) is 4.42 Å². The minimum atomic E-state index is 0.0796. The average Bonchev–Trinajstić information content (AvgIpc) is 2.78. The summed E-state index contributed by atoms with van der Waals surface area (Å²) in [4.78, 5) is 14.0. The summed E-state index contributed by atoms with van der Waals surface area (Å²) in [6.45, 7) is 4.22. The topological polar surface area (TPSA) is 45.5 Å². The first-order valence-electron chi connectivity index (χ1n) is 6.82. The molecule has 2 heterocycles. The molecule has 1 atom stereocenters. The van der Waals surface area contributed by atoms with Gasteiger partial charge in [0.1, 0.15) is 5.76 Å². The lowest BCUT2D eigenvalue weighted by Gasteiger charge is -2.21. The van der Waals surface area contributed by atoms with Crippen LogP contribution in [0.4, 0.5) is 0 Å². The second-order valence-electron chi connectivity index (χ2n) is 4.91. The molecule has 100 valence electrons. The molecule has 0 aromatic carbocycles. The highest BCUT2D eigenvalue weighted by atomic mass is 16.3. The predicted octanol–water partition coefficient (Wildman–Crippen LogP) is 2.33. The van der Waals surface area contributed by atoms with E-state index in [1.165, 1.54) is 12.8 Å². The van der Waals surface area contributed by atoms with E-state index in [0.29, 0.717) is 6.54 Å². The van der Waals surface area contributed by atoms with Crippen LogP contribution in [0.15, 0.2) is 22.8 Å². The molecule has 1 unspecified atom stereocenters. The molecule has 1 fully saturated rings. The van der Waals surface area contributed by atoms with E-state index in [9.17, 15) is 4.79 Å². The summed E-state index contributed by atoms with van der Waals surface area (Å²) in [5, 5.41) is 3.22. The summed E-state index contributed by atoms with van der Waals surface area (Å²) in [5.74, 6) is 1.08. The summed E-state index contributed by atoms with van der Waals surface area (Å²) < 4.78 is 5.31. The Morgan fingerprint density at radius 2 is 2.11 bits per heavy atom. The van der Waals surface area contributed by atoms with Crippen molar-refractivity contribution >= 4 is 5.91 Å². The second-order valence-corrected chi connectivity index (χ2v) is 4.91. The van der Waals surface area contributed by atoms with Gasteiger partial charge in [-0.15, -0.1) is 0 Å². The Bertz CT molecular complexity index is 354. The fourth-order valence-electron chi connectivity index (χ4n) is 2.31. The number of furan rings is 1. The molecule has 4 heteroatoms. The van der Waals surface area contributed by atoms with Gasteiger partial charge in [-0.25, -0.2) is 0 Å². The average molecular weight is 250 g/mol. The molecule has 0 radical (unpaired) electrons. The third kappa shape index (κ3) is 3.60. The van der Waals surface area contributed by atoms with Crippen LogP contribution in [0.2, 0.25) is 0 Å². The smallest absolute Gasteiger partial charge is 0.236 e. The van der Waals surface area contributed by atoms with Gasteiger partial charge in [0.2, 0.25) is 5.91 Å². The van der Waals surface area contributed by atoms with Crippen molar-refractivity contribution in [3.63, 3.8) is 0 Å². The zero-order chi connectivity index (χ0) is 12.8. The van der Waals surface area contributed by atoms with Crippen LogP contribution in [0.3, 0.4) is 0 Å². The number of nitrogens with zero attached hydrogens (tertiary/aromatic N) is 1. The lowest BCUT2D eigenvalue weighted by Crippen LogP contribution is -2.39. The number of carbonyl (C=O) groups is 1. The summed E-state index contributed by atoms with van der Waals surface area (Å²) in [5.41, 5.74) is 0. The van der Waals surface area contributed by atoms with Gasteiger partial charge in [0.05, 0.1) is 18.8 Å². The van der Waals surface area contributed by atoms with Crippen molar-refractivity contribution in [3.05, 3.63) is 24.2 Å². The van der Waals surface area contributed by atoms with Crippen LogP contribution in [0.5, 0.6) is 0 Å². The normalized spacial score (nSPS) is 18.4. The van der Waals surface area contributed by atoms with Crippen LogP contribution in [-0.4, -0.2) is 30.4 Å². The quantitative estimate of drug-likeness (QED) is 0.892. The van der Waals surface area contributed by atoms with Crippen LogP contribution in [0.25, 0.3) is 0 Å². The molecule has 0 bridgehead atoms. The molecule has 1 aliphatic rings. The van der Waals surface area contributed by atoms with E-state index >= 15 is 0 Å². The van der Waals surface area contributed by atoms with Gasteiger partial charge in [-0.1, -0.05) is 12.8 Å². The van der Waals surface area contributed by atoms with Crippen LogP contribution < -0.4 is 5.32 Å². The van der Waals surface area contributed by atoms with E-state index < -0.39 is 0 Å². The molecule has 18 heavy (non-hydrogen) atoms. The first kappa shape index (κ1) is 13.1. The van der Waals surface area contributed by atoms with Crippen LogP contribution >= 0.6 is 0 Å². The van der Waals surface area contributed by atoms with Gasteiger partial charge in [0.25, 0.3) is 0 Å². The lowest BCUT2D eigenvalue weighted by molar-refractivity contribution is -0.130. The SMILES string of the molecule is CC(NCC(=O)N1CCCCCC1)c1ccco1. The first-order chi connectivity index (χ1) is 8.77. The second kappa shape index (κ2) is 6.59. The highest BCUT2D eigenvalue weighted by Gasteiger charge is 2.16. The molecular formula is C14H22N2O2. The predicted molar refractivity (Wildman–Crippen MR) is 70.2 cm³/mol. The summed E-state index contributed by atoms with van der Waals surface area (Å²) in [6, 6.07) is 3.87. The molecule has 4 nitrogen and oxygen atoms in total. The van der Waals surface area contributed by atoms with Gasteiger partial charge in [0.15, 0.2) is 0 Å². The zero-order valence-corrected chi connectivity index (χ0v) is 11.0. The van der Waals surface area contributed by atoms with Gasteiger partial charge in [-0.2, -0.15) is 0 Å². The zero-order valence-electron chi connectivity index (χ0n) is 11.0. The highest BCUT2D eigenvalue weighted by Crippen LogP contribution is 2.13. The van der Waals surface area contributed by atoms with Crippen molar-refractivity contribution in [3.8, 4) is 0 Å². The Morgan fingerprint density at radius 3 is 2.72 bits per heavy atom. The van der Waals surface area contributed by atoms with Gasteiger partial charge in [-0.05, 0) is 31.9 Å². The van der Waals surface area contributed by atoms with E-state index in [2.05, 4.69) is 5.32 Å². The van der Waals surface area contributed by atoms with Crippen molar-refractivity contribution in [1.82, 2.24) is 10.2 Å². The Hall–Kier alpha value is -1.29. The summed E-state index contributed by atoms with van der Waals surface area (Å²) in [7, 11) is 0. The van der Waals surface area contributed by atoms with Crippen molar-refractivity contribution in [2.24, 2.45) is 0 Å². The minimum absolute atomic E-state index is 0.0796. The van der Waals surface area contributed by atoms with Crippen LogP contribution in [0.1, 0.15) is 44.4 Å². The van der Waals surface area contributed by atoms with E-state index in [0.717, 1.165) is 31.7 Å². The Balaban J connectivity index is 1.77. The standard InChI is InChI=1S/C14H22N2O2/c1-12(13-7-6-10-18-13)15-11-14(17)16-8-4-2-3-5-9-16/h6-7,10,12,15H,2-5,8-9,11H2,1H3. The molecular weight excluding hydrogens is 228 g/mol. The molecule has 1 aromatic heterocycles. The number of hydrogen-bond donors (Lipinski definition) is 1. The monoisotopic (exact) mass is 250 g/mol. The molecule has 1 saturated heterocycles. The maximum atomic E-state index is 12.1. The van der Waals surface area contributed by atoms with Crippen molar-refractivity contribution in [2.75, 3.05) is 19.6 Å². The molecule has 1 aliphatic heterocycles. The van der Waals surface area contributed by atoms with Crippen molar-refractivity contribution < 1.29 is 9.21 Å². The van der Waals surface area contributed by atoms with Crippen molar-refractivity contribution in [1.29, 1.82) is 0 Å². The third-order valence-electron chi connectivity index (χ3n) is 3.49. The van der Waals surface area contributed by atoms with E-state index in [1.54, 1.807) is 6.26 Å². The van der Waals surface area contributed by atoms with E-state index in [-0.39, 0.29) is 11.9 Å². The number of amides is 1. The van der Waals surface area contributed by atoms with Gasteiger partial charge in [0, 0.05) is 13.1 Å². The number of rotatable bonds is 4. The molecule has 0 saturated carbocycles. The van der Waals surface area contributed by atoms with Gasteiger partial charge in [-0.3, -0.25) is 10.1 Å². The third-order valence-corrected chi connectivity index (χ3v) is 3.49. The fourth-order valence-corrected chi connectivity index (χ4v) is 2.31. The van der Waals surface area contributed by atoms with Crippen molar-refractivity contribution in [2.45, 2.75) is 38.6 Å². The lowest BCUT2D eigenvalue weighted by atomic mass is 10.2. The number of carbonyl (C=O) groups excluding carboxylic acids is 1. The maximum Gasteiger partial charge on any atom is 0.236 e.